The van der Waals surface area contributed by atoms with E-state index in [2.05, 4.69) is 5.32 Å². The van der Waals surface area contributed by atoms with Gasteiger partial charge >= 0.3 is 0 Å². The molecule has 2 unspecified atom stereocenters. The van der Waals surface area contributed by atoms with Crippen LogP contribution in [0.3, 0.4) is 0 Å². The Hall–Kier alpha value is -1.03. The maximum absolute atomic E-state index is 11.1. The Morgan fingerprint density at radius 2 is 2.00 bits per heavy atom. The second-order valence-electron chi connectivity index (χ2n) is 3.31. The summed E-state index contributed by atoms with van der Waals surface area (Å²) >= 11 is 0. The molecular formula is C10H16N2OS. The number of nitrogen functional groups attached to an aromatic ring is 1. The fourth-order valence-electron chi connectivity index (χ4n) is 0.980. The molecule has 0 saturated heterocycles. The van der Waals surface area contributed by atoms with Crippen molar-refractivity contribution < 1.29 is 4.21 Å². The summed E-state index contributed by atoms with van der Waals surface area (Å²) in [4.78, 5) is 0. The van der Waals surface area contributed by atoms with Gasteiger partial charge in [0.25, 0.3) is 0 Å². The van der Waals surface area contributed by atoms with Crippen molar-refractivity contribution in [3.8, 4) is 0 Å². The third-order valence-electron chi connectivity index (χ3n) is 2.07. The van der Waals surface area contributed by atoms with Crippen LogP contribution in [0.15, 0.2) is 24.3 Å². The van der Waals surface area contributed by atoms with Crippen LogP contribution in [0.4, 0.5) is 11.4 Å². The summed E-state index contributed by atoms with van der Waals surface area (Å²) in [6, 6.07) is 7.52. The van der Waals surface area contributed by atoms with E-state index in [4.69, 9.17) is 5.73 Å². The van der Waals surface area contributed by atoms with Crippen LogP contribution in [0, 0.1) is 0 Å². The van der Waals surface area contributed by atoms with E-state index in [0.717, 1.165) is 11.4 Å². The first kappa shape index (κ1) is 11.0. The number of nitrogens with one attached hydrogen (secondary N) is 1. The molecule has 1 aromatic rings. The van der Waals surface area contributed by atoms with Crippen LogP contribution in [-0.4, -0.2) is 22.3 Å². The van der Waals surface area contributed by atoms with Crippen LogP contribution in [0.5, 0.6) is 0 Å². The topological polar surface area (TPSA) is 55.1 Å². The molecule has 78 valence electrons. The average molecular weight is 212 g/mol. The molecule has 4 heteroatoms. The number of hydrogen-bond acceptors (Lipinski definition) is 3. The average Bonchev–Trinajstić information content (AvgIpc) is 2.16. The van der Waals surface area contributed by atoms with Gasteiger partial charge in [-0.1, -0.05) is 0 Å². The van der Waals surface area contributed by atoms with Crippen LogP contribution < -0.4 is 11.1 Å². The molecule has 2 atom stereocenters. The van der Waals surface area contributed by atoms with E-state index in [9.17, 15) is 4.21 Å². The maximum atomic E-state index is 11.1. The van der Waals surface area contributed by atoms with Gasteiger partial charge in [0.2, 0.25) is 0 Å². The first-order valence-electron chi connectivity index (χ1n) is 4.51. The second kappa shape index (κ2) is 5.00. The van der Waals surface area contributed by atoms with Crippen LogP contribution >= 0.6 is 0 Å². The van der Waals surface area contributed by atoms with Gasteiger partial charge < -0.3 is 11.1 Å². The predicted molar refractivity (Wildman–Crippen MR) is 62.9 cm³/mol. The largest absolute Gasteiger partial charge is 0.399 e. The fraction of sp³-hybridized carbons (Fsp3) is 0.400. The Morgan fingerprint density at radius 1 is 1.43 bits per heavy atom. The number of anilines is 2. The lowest BCUT2D eigenvalue weighted by molar-refractivity contribution is 0.679. The summed E-state index contributed by atoms with van der Waals surface area (Å²) in [6.45, 7) is 2.67. The van der Waals surface area contributed by atoms with Gasteiger partial charge in [0, 0.05) is 40.2 Å². The molecule has 14 heavy (non-hydrogen) atoms. The van der Waals surface area contributed by atoms with Crippen LogP contribution in [0.1, 0.15) is 6.92 Å². The van der Waals surface area contributed by atoms with Crippen molar-refractivity contribution in [3.63, 3.8) is 0 Å². The van der Waals surface area contributed by atoms with Crippen molar-refractivity contribution in [1.29, 1.82) is 0 Å². The molecule has 0 heterocycles. The van der Waals surface area contributed by atoms with Gasteiger partial charge in [0.1, 0.15) is 0 Å². The SMILES string of the molecule is CC(CNc1ccc(N)cc1)S(C)=O. The minimum atomic E-state index is -0.776. The van der Waals surface area contributed by atoms with Gasteiger partial charge in [-0.25, -0.2) is 0 Å². The molecule has 3 nitrogen and oxygen atoms in total. The molecule has 0 amide bonds. The fourth-order valence-corrected chi connectivity index (χ4v) is 1.30. The lowest BCUT2D eigenvalue weighted by atomic mass is 10.3. The van der Waals surface area contributed by atoms with Gasteiger partial charge in [0.15, 0.2) is 0 Å². The number of rotatable bonds is 4. The molecule has 0 saturated carbocycles. The minimum Gasteiger partial charge on any atom is -0.399 e. The Morgan fingerprint density at radius 3 is 2.50 bits per heavy atom. The third kappa shape index (κ3) is 3.38. The standard InChI is InChI=1S/C10H16N2OS/c1-8(14(2)13)7-12-10-5-3-9(11)4-6-10/h3-6,8,12H,7,11H2,1-2H3. The highest BCUT2D eigenvalue weighted by atomic mass is 32.2. The van der Waals surface area contributed by atoms with E-state index >= 15 is 0 Å². The van der Waals surface area contributed by atoms with Gasteiger partial charge in [-0.05, 0) is 31.2 Å². The Bertz CT molecular complexity index is 310. The van der Waals surface area contributed by atoms with Gasteiger partial charge in [-0.15, -0.1) is 0 Å². The highest BCUT2D eigenvalue weighted by molar-refractivity contribution is 7.84. The van der Waals surface area contributed by atoms with E-state index in [1.165, 1.54) is 0 Å². The summed E-state index contributed by atoms with van der Waals surface area (Å²) in [5.41, 5.74) is 7.32. The molecule has 0 bridgehead atoms. The van der Waals surface area contributed by atoms with E-state index in [1.807, 2.05) is 31.2 Å². The summed E-state index contributed by atoms with van der Waals surface area (Å²) in [6.07, 6.45) is 1.72. The zero-order valence-electron chi connectivity index (χ0n) is 8.49. The zero-order chi connectivity index (χ0) is 10.6. The van der Waals surface area contributed by atoms with Gasteiger partial charge in [0.05, 0.1) is 0 Å². The van der Waals surface area contributed by atoms with E-state index in [-0.39, 0.29) is 5.25 Å². The molecule has 3 N–H and O–H groups in total. The van der Waals surface area contributed by atoms with Crippen LogP contribution in [-0.2, 0) is 10.8 Å². The van der Waals surface area contributed by atoms with Gasteiger partial charge in [-0.3, -0.25) is 4.21 Å². The van der Waals surface area contributed by atoms with Crippen molar-refractivity contribution in [2.45, 2.75) is 12.2 Å². The normalized spacial score (nSPS) is 14.7. The molecule has 1 rings (SSSR count). The summed E-state index contributed by atoms with van der Waals surface area (Å²) in [5.74, 6) is 0. The van der Waals surface area contributed by atoms with Crippen LogP contribution in [0.2, 0.25) is 0 Å². The van der Waals surface area contributed by atoms with Crippen molar-refractivity contribution in [2.24, 2.45) is 0 Å². The lowest BCUT2D eigenvalue weighted by Crippen LogP contribution is -2.20. The first-order chi connectivity index (χ1) is 6.59. The molecule has 0 aliphatic rings. The van der Waals surface area contributed by atoms with E-state index < -0.39 is 10.8 Å². The number of hydrogen-bond donors (Lipinski definition) is 2. The van der Waals surface area contributed by atoms with Gasteiger partial charge in [-0.2, -0.15) is 0 Å². The molecule has 0 fully saturated rings. The lowest BCUT2D eigenvalue weighted by Gasteiger charge is -2.10. The zero-order valence-corrected chi connectivity index (χ0v) is 9.30. The Labute approximate surface area is 87.2 Å². The highest BCUT2D eigenvalue weighted by Gasteiger charge is 2.04. The maximum Gasteiger partial charge on any atom is 0.0489 e. The smallest absolute Gasteiger partial charge is 0.0489 e. The molecule has 0 spiro atoms. The minimum absolute atomic E-state index is 0.160. The first-order valence-corrected chi connectivity index (χ1v) is 6.13. The number of benzene rings is 1. The van der Waals surface area contributed by atoms with Crippen molar-refractivity contribution in [3.05, 3.63) is 24.3 Å². The van der Waals surface area contributed by atoms with E-state index in [0.29, 0.717) is 6.54 Å². The predicted octanol–water partition coefficient (Wildman–Crippen LogP) is 1.45. The van der Waals surface area contributed by atoms with Crippen molar-refractivity contribution in [2.75, 3.05) is 23.9 Å². The molecule has 0 aliphatic heterocycles. The molecule has 1 aromatic carbocycles. The monoisotopic (exact) mass is 212 g/mol. The molecule has 0 radical (unpaired) electrons. The van der Waals surface area contributed by atoms with Crippen LogP contribution in [0.25, 0.3) is 0 Å². The van der Waals surface area contributed by atoms with E-state index in [1.54, 1.807) is 6.26 Å². The summed E-state index contributed by atoms with van der Waals surface area (Å²) in [5, 5.41) is 3.36. The molecule has 0 aromatic heterocycles. The summed E-state index contributed by atoms with van der Waals surface area (Å²) < 4.78 is 11.1. The molecular weight excluding hydrogens is 196 g/mol. The number of nitrogens with two attached hydrogens (primary N) is 1. The summed E-state index contributed by atoms with van der Waals surface area (Å²) in [7, 11) is -0.776. The highest BCUT2D eigenvalue weighted by Crippen LogP contribution is 2.10. The third-order valence-corrected chi connectivity index (χ3v) is 3.37. The quantitative estimate of drug-likeness (QED) is 0.743. The van der Waals surface area contributed by atoms with Crippen molar-refractivity contribution >= 4 is 22.2 Å². The second-order valence-corrected chi connectivity index (χ2v) is 5.11. The Kier molecular flexibility index (Phi) is 3.95. The molecule has 0 aliphatic carbocycles. The van der Waals surface area contributed by atoms with Crippen molar-refractivity contribution in [1.82, 2.24) is 0 Å². The Balaban J connectivity index is 2.46.